The average molecular weight is 122 g/mol. The molecule has 1 nitrogen and oxygen atoms in total. The fourth-order valence-electron chi connectivity index (χ4n) is 3.98. The highest BCUT2D eigenvalue weighted by molar-refractivity contribution is 5.20. The van der Waals surface area contributed by atoms with Gasteiger partial charge in [-0.25, -0.2) is 0 Å². The molecule has 48 valence electrons. The topological polar surface area (TPSA) is 9.23 Å². The van der Waals surface area contributed by atoms with E-state index in [0.717, 1.165) is 35.9 Å². The quantitative estimate of drug-likeness (QED) is 0.466. The van der Waals surface area contributed by atoms with E-state index in [2.05, 4.69) is 0 Å². The lowest BCUT2D eigenvalue weighted by molar-refractivity contribution is -0.126. The minimum atomic E-state index is 0.763. The third kappa shape index (κ3) is 0.219. The van der Waals surface area contributed by atoms with Crippen molar-refractivity contribution in [1.82, 2.24) is 0 Å². The summed E-state index contributed by atoms with van der Waals surface area (Å²) in [5.74, 6) is 4.23. The molecule has 0 aromatic carbocycles. The summed E-state index contributed by atoms with van der Waals surface area (Å²) in [5, 5.41) is 0. The smallest absolute Gasteiger partial charge is 0.0666 e. The molecule has 1 aliphatic heterocycles. The molecule has 1 heterocycles. The first-order valence-corrected chi connectivity index (χ1v) is 4.10. The fourth-order valence-corrected chi connectivity index (χ4v) is 3.98. The molecule has 6 bridgehead atoms. The van der Waals surface area contributed by atoms with Crippen LogP contribution in [-0.4, -0.2) is 12.2 Å². The summed E-state index contributed by atoms with van der Waals surface area (Å²) < 4.78 is 5.69. The van der Waals surface area contributed by atoms with Gasteiger partial charge in [-0.05, 0) is 30.6 Å². The average Bonchev–Trinajstić information content (AvgIpc) is 2.24. The molecule has 4 aliphatic carbocycles. The van der Waals surface area contributed by atoms with Gasteiger partial charge in [0.05, 0.1) is 12.2 Å². The van der Waals surface area contributed by atoms with Gasteiger partial charge in [0.2, 0.25) is 0 Å². The van der Waals surface area contributed by atoms with Gasteiger partial charge in [0, 0.05) is 5.92 Å². The van der Waals surface area contributed by atoms with Gasteiger partial charge in [-0.15, -0.1) is 0 Å². The molecule has 0 amide bonds. The predicted octanol–water partition coefficient (Wildman–Crippen LogP) is 1.04. The fraction of sp³-hybridized carbons (Fsp3) is 1.00. The molecule has 0 radical (unpaired) electrons. The first-order valence-electron chi connectivity index (χ1n) is 4.10. The van der Waals surface area contributed by atoms with Crippen molar-refractivity contribution in [2.75, 3.05) is 0 Å². The third-order valence-electron chi connectivity index (χ3n) is 4.16. The maximum atomic E-state index is 5.69. The van der Waals surface area contributed by atoms with E-state index in [1.807, 2.05) is 0 Å². The molecule has 1 saturated heterocycles. The van der Waals surface area contributed by atoms with Crippen LogP contribution >= 0.6 is 0 Å². The van der Waals surface area contributed by atoms with Gasteiger partial charge in [-0.2, -0.15) is 0 Å². The molecule has 0 N–H and O–H groups in total. The molecule has 2 unspecified atom stereocenters. The first-order chi connectivity index (χ1) is 4.45. The summed E-state index contributed by atoms with van der Waals surface area (Å²) in [5.41, 5.74) is 0. The zero-order valence-corrected chi connectivity index (χ0v) is 5.29. The van der Waals surface area contributed by atoms with Gasteiger partial charge in [0.1, 0.15) is 0 Å². The Morgan fingerprint density at radius 2 is 1.67 bits per heavy atom. The van der Waals surface area contributed by atoms with E-state index >= 15 is 0 Å². The maximum Gasteiger partial charge on any atom is 0.0666 e. The molecule has 4 saturated carbocycles. The monoisotopic (exact) mass is 122 g/mol. The van der Waals surface area contributed by atoms with Crippen molar-refractivity contribution in [1.29, 1.82) is 0 Å². The van der Waals surface area contributed by atoms with Crippen molar-refractivity contribution in [2.24, 2.45) is 23.7 Å². The Morgan fingerprint density at radius 3 is 2.00 bits per heavy atom. The minimum Gasteiger partial charge on any atom is -0.374 e. The van der Waals surface area contributed by atoms with Crippen molar-refractivity contribution in [3.05, 3.63) is 0 Å². The van der Waals surface area contributed by atoms with Gasteiger partial charge >= 0.3 is 0 Å². The number of hydrogen-bond acceptors (Lipinski definition) is 1. The summed E-state index contributed by atoms with van der Waals surface area (Å²) in [6.07, 6.45) is 4.57. The van der Waals surface area contributed by atoms with E-state index in [-0.39, 0.29) is 0 Å². The molecule has 0 spiro atoms. The Kier molecular flexibility index (Phi) is 0.387. The lowest BCUT2D eigenvalue weighted by Gasteiger charge is -2.33. The second-order valence-electron chi connectivity index (χ2n) is 4.20. The second kappa shape index (κ2) is 0.878. The lowest BCUT2D eigenvalue weighted by Crippen LogP contribution is -2.39. The van der Waals surface area contributed by atoms with E-state index in [4.69, 9.17) is 4.74 Å². The highest BCUT2D eigenvalue weighted by Crippen LogP contribution is 2.71. The molecule has 5 fully saturated rings. The van der Waals surface area contributed by atoms with Crippen LogP contribution in [0.25, 0.3) is 0 Å². The summed E-state index contributed by atoms with van der Waals surface area (Å²) in [6, 6.07) is 0. The van der Waals surface area contributed by atoms with Crippen molar-refractivity contribution in [2.45, 2.75) is 25.0 Å². The van der Waals surface area contributed by atoms with Gasteiger partial charge in [-0.3, -0.25) is 0 Å². The largest absolute Gasteiger partial charge is 0.374 e. The molecular weight excluding hydrogens is 112 g/mol. The molecule has 0 aromatic rings. The van der Waals surface area contributed by atoms with Crippen LogP contribution in [0.15, 0.2) is 0 Å². The summed E-state index contributed by atoms with van der Waals surface area (Å²) in [4.78, 5) is 0. The number of hydrogen-bond donors (Lipinski definition) is 0. The standard InChI is InChI=1S/C8H10O/c1-3-2-5-4(1)7-6(3)8(5)9-7/h3-8H,1-2H2/t3?,4-,5+,6?,7-,8-/m1/s1. The number of ether oxygens (including phenoxy) is 1. The normalized spacial score (nSPS) is 80.0. The molecule has 1 heteroatoms. The maximum absolute atomic E-state index is 5.69. The Hall–Kier alpha value is -0.0400. The Balaban J connectivity index is 2.04. The molecule has 5 aliphatic rings. The van der Waals surface area contributed by atoms with Crippen LogP contribution in [0, 0.1) is 23.7 Å². The van der Waals surface area contributed by atoms with Crippen molar-refractivity contribution in [3.8, 4) is 0 Å². The highest BCUT2D eigenvalue weighted by atomic mass is 16.5. The lowest BCUT2D eigenvalue weighted by atomic mass is 9.94. The highest BCUT2D eigenvalue weighted by Gasteiger charge is 2.73. The summed E-state index contributed by atoms with van der Waals surface area (Å²) in [7, 11) is 0. The molecule has 6 atom stereocenters. The summed E-state index contributed by atoms with van der Waals surface area (Å²) >= 11 is 0. The molecule has 9 heavy (non-hydrogen) atoms. The van der Waals surface area contributed by atoms with Crippen LogP contribution in [0.2, 0.25) is 0 Å². The zero-order chi connectivity index (χ0) is 5.59. The Labute approximate surface area is 54.4 Å². The van der Waals surface area contributed by atoms with E-state index in [9.17, 15) is 0 Å². The molecule has 0 aromatic heterocycles. The van der Waals surface area contributed by atoms with Crippen LogP contribution in [0.3, 0.4) is 0 Å². The first kappa shape index (κ1) is 3.97. The van der Waals surface area contributed by atoms with E-state index < -0.39 is 0 Å². The van der Waals surface area contributed by atoms with Gasteiger partial charge in [0.25, 0.3) is 0 Å². The third-order valence-corrected chi connectivity index (χ3v) is 4.16. The van der Waals surface area contributed by atoms with Crippen LogP contribution < -0.4 is 0 Å². The minimum absolute atomic E-state index is 0.763. The summed E-state index contributed by atoms with van der Waals surface area (Å²) in [6.45, 7) is 0. The molecule has 5 rings (SSSR count). The number of rotatable bonds is 0. The van der Waals surface area contributed by atoms with Crippen LogP contribution in [-0.2, 0) is 4.74 Å². The van der Waals surface area contributed by atoms with Crippen LogP contribution in [0.1, 0.15) is 12.8 Å². The molecular formula is C8H10O. The Morgan fingerprint density at radius 1 is 1.00 bits per heavy atom. The Bertz CT molecular complexity index is 164. The van der Waals surface area contributed by atoms with Crippen molar-refractivity contribution in [3.63, 3.8) is 0 Å². The SMILES string of the molecule is C1C2C[C@H]3[C@@H]1[C@H]1O[C@H]3C21. The van der Waals surface area contributed by atoms with Crippen LogP contribution in [0.5, 0.6) is 0 Å². The van der Waals surface area contributed by atoms with E-state index in [0.29, 0.717) is 0 Å². The van der Waals surface area contributed by atoms with Gasteiger partial charge in [0.15, 0.2) is 0 Å². The van der Waals surface area contributed by atoms with Crippen molar-refractivity contribution < 1.29 is 4.74 Å². The van der Waals surface area contributed by atoms with Gasteiger partial charge in [-0.1, -0.05) is 0 Å². The van der Waals surface area contributed by atoms with Crippen molar-refractivity contribution >= 4 is 0 Å². The van der Waals surface area contributed by atoms with Crippen LogP contribution in [0.4, 0.5) is 0 Å². The second-order valence-corrected chi connectivity index (χ2v) is 4.20. The van der Waals surface area contributed by atoms with E-state index in [1.54, 1.807) is 0 Å². The van der Waals surface area contributed by atoms with E-state index in [1.165, 1.54) is 12.8 Å². The van der Waals surface area contributed by atoms with Gasteiger partial charge < -0.3 is 4.74 Å². The predicted molar refractivity (Wildman–Crippen MR) is 31.9 cm³/mol. The zero-order valence-electron chi connectivity index (χ0n) is 5.29.